The number of aliphatic hydroxyl groups excluding tert-OH is 1. The number of aliphatic hydroxyl groups is 1. The SMILES string of the molecule is CC(C)c1nnsc1C(O)CC1OCCc2ccccc21. The maximum absolute atomic E-state index is 10.6. The van der Waals surface area contributed by atoms with Crippen LogP contribution in [0.25, 0.3) is 0 Å². The molecule has 2 heterocycles. The zero-order valence-corrected chi connectivity index (χ0v) is 13.1. The monoisotopic (exact) mass is 304 g/mol. The van der Waals surface area contributed by atoms with E-state index in [0.29, 0.717) is 13.0 Å². The Labute approximate surface area is 128 Å². The van der Waals surface area contributed by atoms with Crippen molar-refractivity contribution < 1.29 is 9.84 Å². The molecule has 112 valence electrons. The first-order valence-electron chi connectivity index (χ1n) is 7.36. The van der Waals surface area contributed by atoms with Crippen molar-refractivity contribution in [1.29, 1.82) is 0 Å². The lowest BCUT2D eigenvalue weighted by Gasteiger charge is -2.27. The van der Waals surface area contributed by atoms with Crippen molar-refractivity contribution in [1.82, 2.24) is 9.59 Å². The van der Waals surface area contributed by atoms with Gasteiger partial charge in [-0.05, 0) is 35.0 Å². The molecule has 2 atom stereocenters. The van der Waals surface area contributed by atoms with Gasteiger partial charge >= 0.3 is 0 Å². The Balaban J connectivity index is 1.79. The minimum Gasteiger partial charge on any atom is -0.387 e. The Morgan fingerprint density at radius 1 is 1.38 bits per heavy atom. The fourth-order valence-electron chi connectivity index (χ4n) is 2.82. The largest absolute Gasteiger partial charge is 0.387 e. The van der Waals surface area contributed by atoms with Crippen LogP contribution < -0.4 is 0 Å². The third kappa shape index (κ3) is 3.00. The molecule has 21 heavy (non-hydrogen) atoms. The van der Waals surface area contributed by atoms with Crippen molar-refractivity contribution in [2.75, 3.05) is 6.61 Å². The van der Waals surface area contributed by atoms with Crippen LogP contribution in [0.15, 0.2) is 24.3 Å². The maximum atomic E-state index is 10.6. The Bertz CT molecular complexity index is 612. The molecule has 3 rings (SSSR count). The minimum atomic E-state index is -0.571. The highest BCUT2D eigenvalue weighted by molar-refractivity contribution is 7.05. The summed E-state index contributed by atoms with van der Waals surface area (Å²) in [5, 5.41) is 14.7. The predicted molar refractivity (Wildman–Crippen MR) is 82.4 cm³/mol. The van der Waals surface area contributed by atoms with Crippen LogP contribution >= 0.6 is 11.5 Å². The van der Waals surface area contributed by atoms with E-state index >= 15 is 0 Å². The highest BCUT2D eigenvalue weighted by Gasteiger charge is 2.27. The number of aromatic nitrogens is 2. The lowest BCUT2D eigenvalue weighted by molar-refractivity contribution is 0.00431. The van der Waals surface area contributed by atoms with Crippen LogP contribution in [0.5, 0.6) is 0 Å². The first-order valence-corrected chi connectivity index (χ1v) is 8.13. The summed E-state index contributed by atoms with van der Waals surface area (Å²) in [5.74, 6) is 0.271. The maximum Gasteiger partial charge on any atom is 0.0945 e. The summed E-state index contributed by atoms with van der Waals surface area (Å²) < 4.78 is 9.87. The zero-order chi connectivity index (χ0) is 14.8. The number of hydrogen-bond acceptors (Lipinski definition) is 5. The topological polar surface area (TPSA) is 55.2 Å². The van der Waals surface area contributed by atoms with E-state index in [1.165, 1.54) is 22.7 Å². The van der Waals surface area contributed by atoms with E-state index in [2.05, 4.69) is 41.6 Å². The Morgan fingerprint density at radius 2 is 2.19 bits per heavy atom. The van der Waals surface area contributed by atoms with Crippen molar-refractivity contribution in [2.24, 2.45) is 0 Å². The van der Waals surface area contributed by atoms with Crippen LogP contribution in [0.1, 0.15) is 60.1 Å². The molecule has 1 aliphatic heterocycles. The van der Waals surface area contributed by atoms with Gasteiger partial charge in [0, 0.05) is 6.42 Å². The summed E-state index contributed by atoms with van der Waals surface area (Å²) in [4.78, 5) is 0.872. The van der Waals surface area contributed by atoms with Gasteiger partial charge in [-0.3, -0.25) is 0 Å². The molecular formula is C16H20N2O2S. The van der Waals surface area contributed by atoms with Crippen LogP contribution in [0.3, 0.4) is 0 Å². The quantitative estimate of drug-likeness (QED) is 0.940. The second kappa shape index (κ2) is 6.22. The molecule has 0 aliphatic carbocycles. The Morgan fingerprint density at radius 3 is 3.00 bits per heavy atom. The Hall–Kier alpha value is -1.30. The number of fused-ring (bicyclic) bond motifs is 1. The van der Waals surface area contributed by atoms with Gasteiger partial charge in [0.2, 0.25) is 0 Å². The van der Waals surface area contributed by atoms with Gasteiger partial charge in [-0.2, -0.15) is 0 Å². The number of nitrogens with zero attached hydrogens (tertiary/aromatic N) is 2. The van der Waals surface area contributed by atoms with Gasteiger partial charge in [0.1, 0.15) is 0 Å². The van der Waals surface area contributed by atoms with E-state index in [4.69, 9.17) is 4.74 Å². The molecule has 2 unspecified atom stereocenters. The summed E-state index contributed by atoms with van der Waals surface area (Å²) in [5.41, 5.74) is 3.43. The summed E-state index contributed by atoms with van der Waals surface area (Å²) in [6.07, 6.45) is 0.883. The van der Waals surface area contributed by atoms with Crippen LogP contribution in [-0.2, 0) is 11.2 Å². The highest BCUT2D eigenvalue weighted by atomic mass is 32.1. The molecule has 0 radical (unpaired) electrons. The van der Waals surface area contributed by atoms with E-state index in [-0.39, 0.29) is 12.0 Å². The van der Waals surface area contributed by atoms with Crippen LogP contribution in [-0.4, -0.2) is 21.3 Å². The van der Waals surface area contributed by atoms with Crippen LogP contribution in [0.4, 0.5) is 0 Å². The summed E-state index contributed by atoms with van der Waals surface area (Å²) >= 11 is 1.29. The highest BCUT2D eigenvalue weighted by Crippen LogP contribution is 2.36. The second-order valence-corrected chi connectivity index (χ2v) is 6.52. The zero-order valence-electron chi connectivity index (χ0n) is 12.3. The molecule has 0 saturated carbocycles. The van der Waals surface area contributed by atoms with E-state index in [1.54, 1.807) is 0 Å². The molecule has 1 aromatic carbocycles. The van der Waals surface area contributed by atoms with Gasteiger partial charge in [0.05, 0.1) is 29.4 Å². The van der Waals surface area contributed by atoms with Crippen molar-refractivity contribution in [3.63, 3.8) is 0 Å². The smallest absolute Gasteiger partial charge is 0.0945 e. The van der Waals surface area contributed by atoms with Gasteiger partial charge in [0.25, 0.3) is 0 Å². The third-order valence-electron chi connectivity index (χ3n) is 3.92. The van der Waals surface area contributed by atoms with Gasteiger partial charge in [-0.25, -0.2) is 0 Å². The lowest BCUT2D eigenvalue weighted by Crippen LogP contribution is -2.18. The summed E-state index contributed by atoms with van der Waals surface area (Å²) in [6, 6.07) is 8.33. The number of rotatable bonds is 4. The predicted octanol–water partition coefficient (Wildman–Crippen LogP) is 3.40. The number of ether oxygens (including phenoxy) is 1. The molecule has 5 heteroatoms. The molecular weight excluding hydrogens is 284 g/mol. The van der Waals surface area contributed by atoms with Crippen molar-refractivity contribution in [3.8, 4) is 0 Å². The molecule has 0 saturated heterocycles. The van der Waals surface area contributed by atoms with E-state index < -0.39 is 6.10 Å². The number of hydrogen-bond donors (Lipinski definition) is 1. The molecule has 1 N–H and O–H groups in total. The van der Waals surface area contributed by atoms with Gasteiger partial charge in [-0.1, -0.05) is 42.6 Å². The van der Waals surface area contributed by atoms with Crippen molar-refractivity contribution in [2.45, 2.75) is 44.8 Å². The first kappa shape index (κ1) is 14.6. The molecule has 1 aromatic heterocycles. The van der Waals surface area contributed by atoms with Crippen LogP contribution in [0.2, 0.25) is 0 Å². The van der Waals surface area contributed by atoms with Crippen molar-refractivity contribution in [3.05, 3.63) is 46.0 Å². The first-order chi connectivity index (χ1) is 10.2. The normalized spacial score (nSPS) is 19.5. The fourth-order valence-corrected chi connectivity index (χ4v) is 3.62. The molecule has 0 fully saturated rings. The molecule has 0 spiro atoms. The van der Waals surface area contributed by atoms with Crippen molar-refractivity contribution >= 4 is 11.5 Å². The van der Waals surface area contributed by atoms with Crippen LogP contribution in [0, 0.1) is 0 Å². The van der Waals surface area contributed by atoms with E-state index in [9.17, 15) is 5.11 Å². The lowest BCUT2D eigenvalue weighted by atomic mass is 9.93. The average Bonchev–Trinajstić information content (AvgIpc) is 2.97. The molecule has 2 aromatic rings. The van der Waals surface area contributed by atoms with Gasteiger partial charge in [-0.15, -0.1) is 5.10 Å². The average molecular weight is 304 g/mol. The van der Waals surface area contributed by atoms with Gasteiger partial charge in [0.15, 0.2) is 0 Å². The fraction of sp³-hybridized carbons (Fsp3) is 0.500. The minimum absolute atomic E-state index is 0.0490. The van der Waals surface area contributed by atoms with E-state index in [1.807, 2.05) is 6.07 Å². The van der Waals surface area contributed by atoms with Gasteiger partial charge < -0.3 is 9.84 Å². The third-order valence-corrected chi connectivity index (χ3v) is 4.76. The summed E-state index contributed by atoms with van der Waals surface area (Å²) in [6.45, 7) is 4.85. The van der Waals surface area contributed by atoms with E-state index in [0.717, 1.165) is 17.0 Å². The summed E-state index contributed by atoms with van der Waals surface area (Å²) in [7, 11) is 0. The molecule has 0 bridgehead atoms. The molecule has 1 aliphatic rings. The standard InChI is InChI=1S/C16H20N2O2S/c1-10(2)15-16(21-18-17-15)13(19)9-14-12-6-4-3-5-11(12)7-8-20-14/h3-6,10,13-14,19H,7-9H2,1-2H3. The Kier molecular flexibility index (Phi) is 4.33. The molecule has 4 nitrogen and oxygen atoms in total. The number of benzene rings is 1. The second-order valence-electron chi connectivity index (χ2n) is 5.74. The molecule has 0 amide bonds.